The number of nitrogens with zero attached hydrogens (tertiary/aromatic N) is 1. The summed E-state index contributed by atoms with van der Waals surface area (Å²) in [6.07, 6.45) is 0.989. The molecule has 2 heterocycles. The van der Waals surface area contributed by atoms with Gasteiger partial charge in [-0.05, 0) is 24.9 Å². The highest BCUT2D eigenvalue weighted by Gasteiger charge is 2.25. The van der Waals surface area contributed by atoms with Crippen molar-refractivity contribution in [1.29, 1.82) is 0 Å². The fourth-order valence-corrected chi connectivity index (χ4v) is 1.97. The van der Waals surface area contributed by atoms with Crippen molar-refractivity contribution in [2.24, 2.45) is 5.92 Å². The summed E-state index contributed by atoms with van der Waals surface area (Å²) < 4.78 is 4.85. The van der Waals surface area contributed by atoms with Crippen molar-refractivity contribution in [2.75, 3.05) is 13.1 Å². The Kier molecular flexibility index (Phi) is 5.31. The van der Waals surface area contributed by atoms with Gasteiger partial charge in [-0.3, -0.25) is 14.9 Å². The number of halogens is 1. The number of hydrogen-bond acceptors (Lipinski definition) is 5. The molecule has 2 unspecified atom stereocenters. The van der Waals surface area contributed by atoms with Gasteiger partial charge < -0.3 is 15.1 Å². The Bertz CT molecular complexity index is 463. The lowest BCUT2D eigenvalue weighted by Gasteiger charge is -2.29. The van der Waals surface area contributed by atoms with Gasteiger partial charge in [-0.2, -0.15) is 0 Å². The maximum Gasteiger partial charge on any atom is 0.433 e. The second-order valence-corrected chi connectivity index (χ2v) is 4.45. The largest absolute Gasteiger partial charge is 0.433 e. The number of hydrogen-bond donors (Lipinski definition) is 2. The molecule has 2 atom stereocenters. The van der Waals surface area contributed by atoms with Crippen LogP contribution in [-0.4, -0.2) is 30.0 Å². The molecule has 1 aliphatic heterocycles. The van der Waals surface area contributed by atoms with Crippen LogP contribution in [0.25, 0.3) is 0 Å². The van der Waals surface area contributed by atoms with Gasteiger partial charge in [-0.1, -0.05) is 6.92 Å². The highest BCUT2D eigenvalue weighted by molar-refractivity contribution is 5.91. The minimum atomic E-state index is -0.665. The van der Waals surface area contributed by atoms with E-state index in [0.29, 0.717) is 12.5 Å². The first-order chi connectivity index (χ1) is 8.58. The van der Waals surface area contributed by atoms with Crippen LogP contribution in [0.5, 0.6) is 0 Å². The smallest absolute Gasteiger partial charge is 0.395 e. The third kappa shape index (κ3) is 3.68. The van der Waals surface area contributed by atoms with E-state index >= 15 is 0 Å². The Balaban J connectivity index is 0.00000180. The molecule has 0 aliphatic carbocycles. The number of amides is 1. The predicted octanol–water partition coefficient (Wildman–Crippen LogP) is 1.34. The Hall–Kier alpha value is -1.60. The molecule has 8 heteroatoms. The van der Waals surface area contributed by atoms with Crippen LogP contribution in [0.4, 0.5) is 5.88 Å². The van der Waals surface area contributed by atoms with Crippen LogP contribution >= 0.6 is 12.4 Å². The minimum Gasteiger partial charge on any atom is -0.395 e. The molecule has 2 N–H and O–H groups in total. The van der Waals surface area contributed by atoms with E-state index in [1.807, 2.05) is 0 Å². The molecule has 1 saturated heterocycles. The van der Waals surface area contributed by atoms with Crippen LogP contribution in [0.2, 0.25) is 0 Å². The molecule has 106 valence electrons. The Labute approximate surface area is 116 Å². The Morgan fingerprint density at radius 1 is 1.58 bits per heavy atom. The number of nitrogens with one attached hydrogen (secondary N) is 2. The summed E-state index contributed by atoms with van der Waals surface area (Å²) in [5.74, 6) is -0.488. The van der Waals surface area contributed by atoms with Gasteiger partial charge in [0.1, 0.15) is 4.92 Å². The van der Waals surface area contributed by atoms with E-state index in [4.69, 9.17) is 4.42 Å². The molecule has 1 amide bonds. The number of carbonyl (C=O) groups is 1. The zero-order valence-corrected chi connectivity index (χ0v) is 11.2. The highest BCUT2D eigenvalue weighted by atomic mass is 35.5. The number of rotatable bonds is 3. The van der Waals surface area contributed by atoms with Crippen LogP contribution in [0.3, 0.4) is 0 Å². The normalized spacial score (nSPS) is 22.4. The van der Waals surface area contributed by atoms with Crippen molar-refractivity contribution in [3.63, 3.8) is 0 Å². The summed E-state index contributed by atoms with van der Waals surface area (Å²) in [5.41, 5.74) is 0. The molecule has 1 aromatic rings. The molecular weight excluding hydrogens is 274 g/mol. The maximum absolute atomic E-state index is 11.8. The van der Waals surface area contributed by atoms with Gasteiger partial charge in [-0.15, -0.1) is 12.4 Å². The van der Waals surface area contributed by atoms with Crippen molar-refractivity contribution in [3.05, 3.63) is 28.0 Å². The average Bonchev–Trinajstić information content (AvgIpc) is 2.81. The quantitative estimate of drug-likeness (QED) is 0.646. The summed E-state index contributed by atoms with van der Waals surface area (Å²) in [6.45, 7) is 3.71. The van der Waals surface area contributed by atoms with E-state index in [2.05, 4.69) is 17.6 Å². The second kappa shape index (κ2) is 6.53. The molecule has 1 aliphatic rings. The topological polar surface area (TPSA) is 97.4 Å². The number of carbonyl (C=O) groups excluding carboxylic acids is 1. The number of furan rings is 1. The van der Waals surface area contributed by atoms with E-state index < -0.39 is 16.7 Å². The van der Waals surface area contributed by atoms with Crippen LogP contribution in [0.1, 0.15) is 23.9 Å². The maximum atomic E-state index is 11.8. The van der Waals surface area contributed by atoms with Gasteiger partial charge in [0, 0.05) is 12.6 Å². The summed E-state index contributed by atoms with van der Waals surface area (Å²) in [4.78, 5) is 21.6. The van der Waals surface area contributed by atoms with Crippen molar-refractivity contribution >= 4 is 24.2 Å². The molecule has 2 rings (SSSR count). The second-order valence-electron chi connectivity index (χ2n) is 4.45. The van der Waals surface area contributed by atoms with Crippen LogP contribution < -0.4 is 10.6 Å². The Morgan fingerprint density at radius 3 is 2.89 bits per heavy atom. The molecule has 0 aromatic carbocycles. The van der Waals surface area contributed by atoms with Crippen molar-refractivity contribution in [1.82, 2.24) is 10.6 Å². The SMILES string of the molecule is CC1CCNCC1NC(=O)c1ccc([N+](=O)[O-])o1.Cl. The lowest BCUT2D eigenvalue weighted by atomic mass is 9.95. The molecule has 1 aromatic heterocycles. The van der Waals surface area contributed by atoms with Gasteiger partial charge >= 0.3 is 5.88 Å². The highest BCUT2D eigenvalue weighted by Crippen LogP contribution is 2.17. The molecule has 0 radical (unpaired) electrons. The Morgan fingerprint density at radius 2 is 2.32 bits per heavy atom. The van der Waals surface area contributed by atoms with E-state index in [-0.39, 0.29) is 24.2 Å². The predicted molar refractivity (Wildman–Crippen MR) is 70.5 cm³/mol. The van der Waals surface area contributed by atoms with Crippen LogP contribution in [-0.2, 0) is 0 Å². The summed E-state index contributed by atoms with van der Waals surface area (Å²) >= 11 is 0. The number of nitro groups is 1. The van der Waals surface area contributed by atoms with E-state index in [1.165, 1.54) is 12.1 Å². The van der Waals surface area contributed by atoms with Crippen molar-refractivity contribution in [3.8, 4) is 0 Å². The third-order valence-electron chi connectivity index (χ3n) is 3.14. The first kappa shape index (κ1) is 15.5. The first-order valence-corrected chi connectivity index (χ1v) is 5.83. The number of piperidine rings is 1. The van der Waals surface area contributed by atoms with Crippen molar-refractivity contribution in [2.45, 2.75) is 19.4 Å². The zero-order valence-electron chi connectivity index (χ0n) is 10.4. The summed E-state index contributed by atoms with van der Waals surface area (Å²) in [6, 6.07) is 2.52. The monoisotopic (exact) mass is 289 g/mol. The van der Waals surface area contributed by atoms with Crippen LogP contribution in [0.15, 0.2) is 16.5 Å². The standard InChI is InChI=1S/C11H15N3O4.ClH/c1-7-4-5-12-6-8(7)13-11(15)9-2-3-10(18-9)14(16)17;/h2-3,7-8,12H,4-6H2,1H3,(H,13,15);1H. The lowest BCUT2D eigenvalue weighted by molar-refractivity contribution is -0.402. The van der Waals surface area contributed by atoms with Gasteiger partial charge in [0.25, 0.3) is 5.91 Å². The average molecular weight is 290 g/mol. The van der Waals surface area contributed by atoms with E-state index in [1.54, 1.807) is 0 Å². The van der Waals surface area contributed by atoms with Gasteiger partial charge in [0.2, 0.25) is 0 Å². The van der Waals surface area contributed by atoms with Crippen molar-refractivity contribution < 1.29 is 14.1 Å². The molecule has 1 fully saturated rings. The fraction of sp³-hybridized carbons (Fsp3) is 0.545. The van der Waals surface area contributed by atoms with Gasteiger partial charge in [0.15, 0.2) is 5.76 Å². The molecular formula is C11H16ClN3O4. The molecule has 0 bridgehead atoms. The molecule has 0 spiro atoms. The zero-order chi connectivity index (χ0) is 13.1. The third-order valence-corrected chi connectivity index (χ3v) is 3.14. The first-order valence-electron chi connectivity index (χ1n) is 5.83. The summed E-state index contributed by atoms with van der Waals surface area (Å²) in [7, 11) is 0. The van der Waals surface area contributed by atoms with Gasteiger partial charge in [-0.25, -0.2) is 0 Å². The molecule has 7 nitrogen and oxygen atoms in total. The van der Waals surface area contributed by atoms with Gasteiger partial charge in [0.05, 0.1) is 6.07 Å². The fourth-order valence-electron chi connectivity index (χ4n) is 1.97. The molecule has 19 heavy (non-hydrogen) atoms. The summed E-state index contributed by atoms with van der Waals surface area (Å²) in [5, 5.41) is 16.5. The lowest BCUT2D eigenvalue weighted by Crippen LogP contribution is -2.50. The molecule has 0 saturated carbocycles. The van der Waals surface area contributed by atoms with E-state index in [0.717, 1.165) is 13.0 Å². The minimum absolute atomic E-state index is 0. The van der Waals surface area contributed by atoms with E-state index in [9.17, 15) is 14.9 Å². The van der Waals surface area contributed by atoms with Crippen LogP contribution in [0, 0.1) is 16.0 Å².